The van der Waals surface area contributed by atoms with Gasteiger partial charge in [0.15, 0.2) is 0 Å². The number of benzene rings is 2. The zero-order chi connectivity index (χ0) is 9.97. The van der Waals surface area contributed by atoms with E-state index in [9.17, 15) is 0 Å². The lowest BCUT2D eigenvalue weighted by Crippen LogP contribution is -1.87. The summed E-state index contributed by atoms with van der Waals surface area (Å²) in [5.41, 5.74) is 2.86. The first-order valence-electron chi connectivity index (χ1n) is 5.30. The van der Waals surface area contributed by atoms with Gasteiger partial charge in [0, 0.05) is 0 Å². The Morgan fingerprint density at radius 3 is 2.36 bits per heavy atom. The minimum absolute atomic E-state index is 1.18. The number of hydrogen-bond acceptors (Lipinski definition) is 0. The molecule has 0 saturated carbocycles. The second-order valence-corrected chi connectivity index (χ2v) is 3.84. The molecule has 0 spiro atoms. The summed E-state index contributed by atoms with van der Waals surface area (Å²) in [6.07, 6.45) is 2.40. The van der Waals surface area contributed by atoms with Crippen molar-refractivity contribution in [3.8, 4) is 0 Å². The van der Waals surface area contributed by atoms with Gasteiger partial charge in [-0.2, -0.15) is 0 Å². The summed E-state index contributed by atoms with van der Waals surface area (Å²) in [7, 11) is 0. The molecule has 2 aromatic carbocycles. The predicted octanol–water partition coefficient (Wildman–Crippen LogP) is 4.10. The van der Waals surface area contributed by atoms with E-state index < -0.39 is 0 Å². The third-order valence-electron chi connectivity index (χ3n) is 2.75. The van der Waals surface area contributed by atoms with Crippen molar-refractivity contribution in [1.82, 2.24) is 0 Å². The second kappa shape index (κ2) is 3.83. The first-order valence-corrected chi connectivity index (χ1v) is 5.30. The molecule has 0 saturated heterocycles. The van der Waals surface area contributed by atoms with Crippen molar-refractivity contribution in [3.63, 3.8) is 0 Å². The molecule has 0 nitrogen and oxygen atoms in total. The molecule has 0 aliphatic rings. The summed E-state index contributed by atoms with van der Waals surface area (Å²) < 4.78 is 0. The fourth-order valence-corrected chi connectivity index (χ4v) is 2.00. The fourth-order valence-electron chi connectivity index (χ4n) is 2.00. The number of hydrogen-bond donors (Lipinski definition) is 0. The number of aryl methyl sites for hydroxylation is 2. The zero-order valence-corrected chi connectivity index (χ0v) is 8.88. The van der Waals surface area contributed by atoms with Crippen LogP contribution in [-0.4, -0.2) is 0 Å². The van der Waals surface area contributed by atoms with Gasteiger partial charge in [0.05, 0.1) is 0 Å². The van der Waals surface area contributed by atoms with Crippen molar-refractivity contribution in [2.45, 2.75) is 26.7 Å². The SMILES string of the molecule is CCCc1ccc(C)c2ccccc12. The Kier molecular flexibility index (Phi) is 2.53. The molecule has 0 heteroatoms. The van der Waals surface area contributed by atoms with Crippen LogP contribution in [0.15, 0.2) is 36.4 Å². The number of fused-ring (bicyclic) bond motifs is 1. The molecule has 0 radical (unpaired) electrons. The van der Waals surface area contributed by atoms with Gasteiger partial charge in [-0.05, 0) is 35.2 Å². The van der Waals surface area contributed by atoms with E-state index in [0.29, 0.717) is 0 Å². The minimum atomic E-state index is 1.18. The van der Waals surface area contributed by atoms with Gasteiger partial charge in [-0.3, -0.25) is 0 Å². The van der Waals surface area contributed by atoms with Crippen LogP contribution in [0.5, 0.6) is 0 Å². The molecular weight excluding hydrogens is 168 g/mol. The Hall–Kier alpha value is -1.30. The van der Waals surface area contributed by atoms with Crippen LogP contribution in [0.2, 0.25) is 0 Å². The van der Waals surface area contributed by atoms with Crippen LogP contribution in [0.4, 0.5) is 0 Å². The smallest absolute Gasteiger partial charge is 0.0149 e. The van der Waals surface area contributed by atoms with Gasteiger partial charge < -0.3 is 0 Å². The van der Waals surface area contributed by atoms with Crippen molar-refractivity contribution in [3.05, 3.63) is 47.5 Å². The third kappa shape index (κ3) is 1.52. The van der Waals surface area contributed by atoms with Crippen LogP contribution < -0.4 is 0 Å². The topological polar surface area (TPSA) is 0 Å². The van der Waals surface area contributed by atoms with E-state index in [2.05, 4.69) is 50.2 Å². The highest BCUT2D eigenvalue weighted by Gasteiger charge is 2.01. The van der Waals surface area contributed by atoms with Gasteiger partial charge in [0.25, 0.3) is 0 Å². The fraction of sp³-hybridized carbons (Fsp3) is 0.286. The molecule has 0 fully saturated rings. The van der Waals surface area contributed by atoms with Crippen LogP contribution in [-0.2, 0) is 6.42 Å². The van der Waals surface area contributed by atoms with Crippen LogP contribution in [0.3, 0.4) is 0 Å². The van der Waals surface area contributed by atoms with Crippen molar-refractivity contribution >= 4 is 10.8 Å². The quantitative estimate of drug-likeness (QED) is 0.659. The Labute approximate surface area is 85.6 Å². The lowest BCUT2D eigenvalue weighted by molar-refractivity contribution is 0.929. The Bertz CT molecular complexity index is 441. The summed E-state index contributed by atoms with van der Waals surface area (Å²) >= 11 is 0. The summed E-state index contributed by atoms with van der Waals surface area (Å²) in [4.78, 5) is 0. The van der Waals surface area contributed by atoms with E-state index in [4.69, 9.17) is 0 Å². The van der Waals surface area contributed by atoms with Gasteiger partial charge in [0.1, 0.15) is 0 Å². The van der Waals surface area contributed by atoms with Crippen LogP contribution in [0.25, 0.3) is 10.8 Å². The molecule has 2 aromatic rings. The third-order valence-corrected chi connectivity index (χ3v) is 2.75. The van der Waals surface area contributed by atoms with Crippen molar-refractivity contribution in [2.75, 3.05) is 0 Å². The molecule has 0 aromatic heterocycles. The molecule has 0 bridgehead atoms. The molecule has 72 valence electrons. The first kappa shape index (κ1) is 9.26. The van der Waals surface area contributed by atoms with E-state index in [0.717, 1.165) is 0 Å². The van der Waals surface area contributed by atoms with Gasteiger partial charge in [-0.15, -0.1) is 0 Å². The molecular formula is C14H16. The predicted molar refractivity (Wildman–Crippen MR) is 62.7 cm³/mol. The van der Waals surface area contributed by atoms with E-state index in [1.54, 1.807) is 0 Å². The largest absolute Gasteiger partial charge is 0.0651 e. The zero-order valence-electron chi connectivity index (χ0n) is 8.88. The summed E-state index contributed by atoms with van der Waals surface area (Å²) in [6, 6.07) is 13.2. The normalized spacial score (nSPS) is 10.7. The molecule has 0 aliphatic heterocycles. The highest BCUT2D eigenvalue weighted by atomic mass is 14.1. The molecule has 0 heterocycles. The van der Waals surface area contributed by atoms with Crippen LogP contribution >= 0.6 is 0 Å². The van der Waals surface area contributed by atoms with Gasteiger partial charge >= 0.3 is 0 Å². The minimum Gasteiger partial charge on any atom is -0.0651 e. The summed E-state index contributed by atoms with van der Waals surface area (Å²) in [5, 5.41) is 2.83. The first-order chi connectivity index (χ1) is 6.83. The van der Waals surface area contributed by atoms with E-state index in [1.807, 2.05) is 0 Å². The summed E-state index contributed by atoms with van der Waals surface area (Å²) in [5.74, 6) is 0. The monoisotopic (exact) mass is 184 g/mol. The molecule has 0 aliphatic carbocycles. The van der Waals surface area contributed by atoms with Gasteiger partial charge in [0.2, 0.25) is 0 Å². The standard InChI is InChI=1S/C14H16/c1-3-6-12-10-9-11(2)13-7-4-5-8-14(12)13/h4-5,7-10H,3,6H2,1-2H3. The lowest BCUT2D eigenvalue weighted by Gasteiger charge is -2.07. The van der Waals surface area contributed by atoms with Crippen molar-refractivity contribution in [2.24, 2.45) is 0 Å². The molecule has 0 unspecified atom stereocenters. The molecule has 0 amide bonds. The highest BCUT2D eigenvalue weighted by molar-refractivity contribution is 5.88. The summed E-state index contributed by atoms with van der Waals surface area (Å²) in [6.45, 7) is 4.41. The molecule has 0 N–H and O–H groups in total. The Morgan fingerprint density at radius 2 is 1.64 bits per heavy atom. The lowest BCUT2D eigenvalue weighted by atomic mass is 9.98. The Morgan fingerprint density at radius 1 is 0.929 bits per heavy atom. The number of rotatable bonds is 2. The van der Waals surface area contributed by atoms with Crippen molar-refractivity contribution < 1.29 is 0 Å². The molecule has 2 rings (SSSR count). The average Bonchev–Trinajstić information content (AvgIpc) is 2.23. The van der Waals surface area contributed by atoms with Gasteiger partial charge in [-0.25, -0.2) is 0 Å². The van der Waals surface area contributed by atoms with Crippen molar-refractivity contribution in [1.29, 1.82) is 0 Å². The Balaban J connectivity index is 2.68. The second-order valence-electron chi connectivity index (χ2n) is 3.84. The van der Waals surface area contributed by atoms with Gasteiger partial charge in [-0.1, -0.05) is 49.7 Å². The maximum Gasteiger partial charge on any atom is -0.0149 e. The van der Waals surface area contributed by atoms with Crippen LogP contribution in [0.1, 0.15) is 24.5 Å². The molecule has 0 atom stereocenters. The van der Waals surface area contributed by atoms with E-state index in [-0.39, 0.29) is 0 Å². The van der Waals surface area contributed by atoms with E-state index in [1.165, 1.54) is 34.7 Å². The maximum absolute atomic E-state index is 2.27. The highest BCUT2D eigenvalue weighted by Crippen LogP contribution is 2.23. The maximum atomic E-state index is 2.27. The molecule has 14 heavy (non-hydrogen) atoms. The van der Waals surface area contributed by atoms with Crippen LogP contribution in [0, 0.1) is 6.92 Å². The van der Waals surface area contributed by atoms with E-state index >= 15 is 0 Å². The average molecular weight is 184 g/mol.